The van der Waals surface area contributed by atoms with E-state index in [-0.39, 0.29) is 0 Å². The Morgan fingerprint density at radius 1 is 0.647 bits per heavy atom. The fourth-order valence-corrected chi connectivity index (χ4v) is 0. The highest BCUT2D eigenvalue weighted by atomic mass is 28.4. The van der Waals surface area contributed by atoms with Crippen molar-refractivity contribution in [1.29, 1.82) is 0 Å². The maximum Gasteiger partial charge on any atom is 0.183 e. The van der Waals surface area contributed by atoms with Gasteiger partial charge in [0, 0.05) is 21.3 Å². The van der Waals surface area contributed by atoms with Gasteiger partial charge < -0.3 is 13.3 Å². The first-order valence-corrected chi connectivity index (χ1v) is 15.6. The Hall–Kier alpha value is 0.531. The van der Waals surface area contributed by atoms with Gasteiger partial charge in [0.25, 0.3) is 0 Å². The molecule has 0 fully saturated rings. The SMILES string of the molecule is CO[SiH](C)C.CO[Si](C)(C)C.CO[Si](C)(C)C. The summed E-state index contributed by atoms with van der Waals surface area (Å²) in [5, 5.41) is 0. The largest absolute Gasteiger partial charge is 0.424 e. The Morgan fingerprint density at radius 2 is 0.765 bits per heavy atom. The van der Waals surface area contributed by atoms with Gasteiger partial charge in [0.15, 0.2) is 25.7 Å². The van der Waals surface area contributed by atoms with E-state index in [1.54, 1.807) is 21.3 Å². The smallest absolute Gasteiger partial charge is 0.183 e. The molecule has 0 heterocycles. The van der Waals surface area contributed by atoms with Gasteiger partial charge in [-0.05, 0) is 52.4 Å². The summed E-state index contributed by atoms with van der Waals surface area (Å²) < 4.78 is 15.0. The van der Waals surface area contributed by atoms with Gasteiger partial charge in [0.1, 0.15) is 0 Å². The molecule has 0 aromatic heterocycles. The van der Waals surface area contributed by atoms with Gasteiger partial charge >= 0.3 is 0 Å². The molecule has 0 saturated carbocycles. The fraction of sp³-hybridized carbons (Fsp3) is 1.00. The van der Waals surface area contributed by atoms with Gasteiger partial charge in [-0.3, -0.25) is 0 Å². The lowest BCUT2D eigenvalue weighted by molar-refractivity contribution is 0.410. The number of hydrogen-bond donors (Lipinski definition) is 0. The molecule has 0 radical (unpaired) electrons. The molecule has 0 aliphatic heterocycles. The van der Waals surface area contributed by atoms with Crippen LogP contribution in [0.15, 0.2) is 0 Å². The van der Waals surface area contributed by atoms with Crippen LogP contribution < -0.4 is 0 Å². The quantitative estimate of drug-likeness (QED) is 0.746. The molecule has 0 unspecified atom stereocenters. The monoisotopic (exact) mass is 298 g/mol. The van der Waals surface area contributed by atoms with Crippen LogP contribution in [0.4, 0.5) is 0 Å². The van der Waals surface area contributed by atoms with Crippen LogP contribution in [-0.4, -0.2) is 47.0 Å². The summed E-state index contributed by atoms with van der Waals surface area (Å²) in [7, 11) is 2.39. The Labute approximate surface area is 113 Å². The molecular weight excluding hydrogens is 264 g/mol. The average molecular weight is 299 g/mol. The highest BCUT2D eigenvalue weighted by Crippen LogP contribution is 1.97. The third-order valence-corrected chi connectivity index (χ3v) is 5.09. The van der Waals surface area contributed by atoms with Gasteiger partial charge in [0.2, 0.25) is 0 Å². The second-order valence-corrected chi connectivity index (χ2v) is 17.8. The first-order chi connectivity index (χ1) is 7.39. The molecule has 0 N–H and O–H groups in total. The second-order valence-electron chi connectivity index (χ2n) is 5.92. The van der Waals surface area contributed by atoms with Crippen LogP contribution in [0.25, 0.3) is 0 Å². The van der Waals surface area contributed by atoms with Crippen molar-refractivity contribution in [2.75, 3.05) is 21.3 Å². The lowest BCUT2D eigenvalue weighted by Gasteiger charge is -2.10. The molecule has 0 aromatic rings. The zero-order valence-electron chi connectivity index (χ0n) is 13.8. The molecule has 0 spiro atoms. The van der Waals surface area contributed by atoms with Crippen LogP contribution in [0.3, 0.4) is 0 Å². The highest BCUT2D eigenvalue weighted by molar-refractivity contribution is 6.70. The summed E-state index contributed by atoms with van der Waals surface area (Å²) in [5.41, 5.74) is 0. The van der Waals surface area contributed by atoms with Crippen molar-refractivity contribution in [3.8, 4) is 0 Å². The highest BCUT2D eigenvalue weighted by Gasteiger charge is 2.09. The van der Waals surface area contributed by atoms with Crippen LogP contribution >= 0.6 is 0 Å². The van der Waals surface area contributed by atoms with Gasteiger partial charge in [-0.2, -0.15) is 0 Å². The zero-order valence-corrected chi connectivity index (χ0v) is 17.0. The van der Waals surface area contributed by atoms with Crippen LogP contribution in [0, 0.1) is 0 Å². The predicted octanol–water partition coefficient (Wildman–Crippen LogP) is 3.55. The Kier molecular flexibility index (Phi) is 15.5. The molecule has 6 heteroatoms. The first-order valence-electron chi connectivity index (χ1n) is 6.02. The minimum absolute atomic E-state index is 0.650. The van der Waals surface area contributed by atoms with E-state index in [4.69, 9.17) is 13.3 Å². The van der Waals surface area contributed by atoms with Crippen molar-refractivity contribution in [2.45, 2.75) is 52.4 Å². The van der Waals surface area contributed by atoms with Crippen LogP contribution in [0.5, 0.6) is 0 Å². The van der Waals surface area contributed by atoms with Crippen LogP contribution in [0.1, 0.15) is 0 Å². The summed E-state index contributed by atoms with van der Waals surface area (Å²) in [5.74, 6) is 0. The average Bonchev–Trinajstić information content (AvgIpc) is 2.17. The van der Waals surface area contributed by atoms with Crippen LogP contribution in [0.2, 0.25) is 52.4 Å². The van der Waals surface area contributed by atoms with E-state index in [0.29, 0.717) is 0 Å². The minimum atomic E-state index is -1.13. The lowest BCUT2D eigenvalue weighted by Crippen LogP contribution is -2.22. The molecule has 0 rings (SSSR count). The topological polar surface area (TPSA) is 27.7 Å². The Bertz CT molecular complexity index is 137. The number of hydrogen-bond acceptors (Lipinski definition) is 3. The molecule has 0 saturated heterocycles. The van der Waals surface area contributed by atoms with E-state index in [2.05, 4.69) is 52.4 Å². The molecule has 0 aromatic carbocycles. The molecule has 0 bridgehead atoms. The molecule has 0 aliphatic carbocycles. The molecule has 3 nitrogen and oxygen atoms in total. The standard InChI is InChI=1S/2C4H12OSi.C3H10OSi/c2*1-5-6(2,3)4;1-4-5(2)3/h2*1-4H3;5H,1-3H3. The molecule has 108 valence electrons. The van der Waals surface area contributed by atoms with Crippen LogP contribution in [-0.2, 0) is 13.3 Å². The summed E-state index contributed by atoms with van der Waals surface area (Å²) >= 11 is 0. The number of rotatable bonds is 3. The van der Waals surface area contributed by atoms with Crippen molar-refractivity contribution >= 4 is 25.7 Å². The lowest BCUT2D eigenvalue weighted by atomic mass is 11.8. The van der Waals surface area contributed by atoms with E-state index in [1.165, 1.54) is 0 Å². The fourth-order valence-electron chi connectivity index (χ4n) is 0. The molecular formula is C11H34O3Si3. The second kappa shape index (κ2) is 11.6. The third kappa shape index (κ3) is 48.0. The van der Waals surface area contributed by atoms with Gasteiger partial charge in [-0.1, -0.05) is 0 Å². The van der Waals surface area contributed by atoms with Gasteiger partial charge in [0.05, 0.1) is 0 Å². The summed E-state index contributed by atoms with van der Waals surface area (Å²) in [6.45, 7) is 17.2. The van der Waals surface area contributed by atoms with Crippen molar-refractivity contribution in [3.05, 3.63) is 0 Å². The summed E-state index contributed by atoms with van der Waals surface area (Å²) in [6.07, 6.45) is 0. The van der Waals surface area contributed by atoms with E-state index < -0.39 is 25.7 Å². The summed E-state index contributed by atoms with van der Waals surface area (Å²) in [6, 6.07) is 0. The third-order valence-electron chi connectivity index (χ3n) is 1.70. The van der Waals surface area contributed by atoms with E-state index in [9.17, 15) is 0 Å². The zero-order chi connectivity index (χ0) is 14.7. The Balaban J connectivity index is -0.000000174. The van der Waals surface area contributed by atoms with E-state index in [1.807, 2.05) is 0 Å². The molecule has 0 amide bonds. The van der Waals surface area contributed by atoms with Crippen molar-refractivity contribution in [3.63, 3.8) is 0 Å². The van der Waals surface area contributed by atoms with E-state index >= 15 is 0 Å². The first kappa shape index (κ1) is 22.7. The van der Waals surface area contributed by atoms with Crippen molar-refractivity contribution in [1.82, 2.24) is 0 Å². The Morgan fingerprint density at radius 3 is 0.765 bits per heavy atom. The normalized spacial score (nSPS) is 11.3. The molecule has 0 aliphatic rings. The van der Waals surface area contributed by atoms with Crippen molar-refractivity contribution < 1.29 is 13.3 Å². The molecule has 0 atom stereocenters. The van der Waals surface area contributed by atoms with Gasteiger partial charge in [-0.15, -0.1) is 0 Å². The maximum atomic E-state index is 5.08. The minimum Gasteiger partial charge on any atom is -0.424 e. The maximum absolute atomic E-state index is 5.08. The predicted molar refractivity (Wildman–Crippen MR) is 86.6 cm³/mol. The summed E-state index contributed by atoms with van der Waals surface area (Å²) in [4.78, 5) is 0. The molecule has 17 heavy (non-hydrogen) atoms. The van der Waals surface area contributed by atoms with E-state index in [0.717, 1.165) is 0 Å². The van der Waals surface area contributed by atoms with Gasteiger partial charge in [-0.25, -0.2) is 0 Å². The van der Waals surface area contributed by atoms with Crippen molar-refractivity contribution in [2.24, 2.45) is 0 Å².